The summed E-state index contributed by atoms with van der Waals surface area (Å²) in [5, 5.41) is 12.8. The maximum Gasteiger partial charge on any atom is 0.189 e. The molecule has 3 unspecified atom stereocenters. The molecule has 242 valence electrons. The molecule has 7 aliphatic rings. The predicted octanol–water partition coefficient (Wildman–Crippen LogP) is 8.66. The number of rotatable bonds is 1. The first-order valence-corrected chi connectivity index (χ1v) is 19.7. The highest BCUT2D eigenvalue weighted by Gasteiger charge is 2.82. The second-order valence-electron chi connectivity index (χ2n) is 16.4. The van der Waals surface area contributed by atoms with Gasteiger partial charge in [-0.3, -0.25) is 14.5 Å². The van der Waals surface area contributed by atoms with E-state index >= 15 is 9.59 Å². The van der Waals surface area contributed by atoms with Crippen LogP contribution in [0.2, 0.25) is 0 Å². The molecule has 0 bridgehead atoms. The van der Waals surface area contributed by atoms with E-state index in [1.165, 1.54) is 11.1 Å². The summed E-state index contributed by atoms with van der Waals surface area (Å²) in [4.78, 5) is 34.3. The Morgan fingerprint density at radius 1 is 0.957 bits per heavy atom. The van der Waals surface area contributed by atoms with Crippen LogP contribution in [0.1, 0.15) is 86.2 Å². The smallest absolute Gasteiger partial charge is 0.189 e. The van der Waals surface area contributed by atoms with E-state index in [2.05, 4.69) is 89.3 Å². The van der Waals surface area contributed by atoms with Crippen molar-refractivity contribution >= 4 is 50.0 Å². The molecule has 4 nitrogen and oxygen atoms in total. The van der Waals surface area contributed by atoms with Crippen LogP contribution in [-0.2, 0) is 10.3 Å². The van der Waals surface area contributed by atoms with Crippen molar-refractivity contribution in [1.29, 1.82) is 0 Å². The van der Waals surface area contributed by atoms with Crippen LogP contribution in [0.5, 0.6) is 0 Å². The summed E-state index contributed by atoms with van der Waals surface area (Å²) in [7, 11) is 0. The molecule has 5 aliphatic carbocycles. The second kappa shape index (κ2) is 9.71. The zero-order chi connectivity index (χ0) is 32.1. The van der Waals surface area contributed by atoms with Gasteiger partial charge in [0.25, 0.3) is 0 Å². The van der Waals surface area contributed by atoms with Gasteiger partial charge in [0, 0.05) is 39.0 Å². The number of allylic oxidation sites excluding steroid dienone is 1. The van der Waals surface area contributed by atoms with E-state index in [9.17, 15) is 5.11 Å². The third-order valence-electron chi connectivity index (χ3n) is 14.9. The number of aliphatic hydroxyl groups is 1. The van der Waals surface area contributed by atoms with Gasteiger partial charge in [0.15, 0.2) is 5.78 Å². The first-order valence-electron chi connectivity index (χ1n) is 17.8. The largest absolute Gasteiger partial charge is 0.393 e. The lowest BCUT2D eigenvalue weighted by atomic mass is 9.48. The summed E-state index contributed by atoms with van der Waals surface area (Å²) in [5.74, 6) is 3.25. The van der Waals surface area contributed by atoms with E-state index in [1.54, 1.807) is 0 Å². The summed E-state index contributed by atoms with van der Waals surface area (Å²) in [6, 6.07) is 21.4. The molecule has 0 radical (unpaired) electrons. The van der Waals surface area contributed by atoms with Crippen molar-refractivity contribution in [3.05, 3.63) is 93.5 Å². The number of benzene rings is 3. The van der Waals surface area contributed by atoms with Crippen LogP contribution < -0.4 is 0 Å². The summed E-state index contributed by atoms with van der Waals surface area (Å²) in [6.45, 7) is 4.76. The molecule has 2 spiro atoms. The second-order valence-corrected chi connectivity index (χ2v) is 18.4. The number of hydrogen-bond acceptors (Lipinski definition) is 5. The molecule has 10 atom stereocenters. The van der Waals surface area contributed by atoms with Gasteiger partial charge in [-0.1, -0.05) is 90.0 Å². The standard InChI is InChI=1S/C41H42BrNO3S/c1-38-16-14-27(44)19-25(38)12-13-28-30(38)15-17-39(2)32(28)20-40(37(39)46)35(24-8-3-9-26(42)18-24)33-21-47-22-43(33)41(40)31-11-5-7-23-6-4-10-29(34(23)31)36(41)45/h3-12,18,27-28,30,32-33,35,44H,13-17,19-22H2,1-2H3/t27-,28+,30-,32-,33-,35?,38-,39-,40?,41?/m0/s1. The quantitative estimate of drug-likeness (QED) is 0.257. The van der Waals surface area contributed by atoms with Gasteiger partial charge in [-0.25, -0.2) is 0 Å². The Morgan fingerprint density at radius 3 is 2.57 bits per heavy atom. The number of hydrogen-bond donors (Lipinski definition) is 1. The van der Waals surface area contributed by atoms with Gasteiger partial charge in [-0.2, -0.15) is 0 Å². The Labute approximate surface area is 289 Å². The number of aliphatic hydroxyl groups excluding tert-OH is 1. The Morgan fingerprint density at radius 2 is 1.74 bits per heavy atom. The van der Waals surface area contributed by atoms with E-state index in [0.29, 0.717) is 17.6 Å². The van der Waals surface area contributed by atoms with Crippen molar-refractivity contribution in [2.75, 3.05) is 11.6 Å². The number of halogens is 1. The lowest BCUT2D eigenvalue weighted by Crippen LogP contribution is -2.58. The summed E-state index contributed by atoms with van der Waals surface area (Å²) < 4.78 is 1.03. The molecular weight excluding hydrogens is 666 g/mol. The maximum absolute atomic E-state index is 16.2. The molecular formula is C41H42BrNO3S. The fourth-order valence-electron chi connectivity index (χ4n) is 13.1. The van der Waals surface area contributed by atoms with Crippen LogP contribution in [0.3, 0.4) is 0 Å². The van der Waals surface area contributed by atoms with Gasteiger partial charge in [-0.15, -0.1) is 11.8 Å². The molecule has 3 saturated carbocycles. The van der Waals surface area contributed by atoms with Crippen LogP contribution in [0.4, 0.5) is 0 Å². The van der Waals surface area contributed by atoms with Crippen molar-refractivity contribution in [3.8, 4) is 0 Å². The number of fused-ring (bicyclic) bond motifs is 9. The Kier molecular flexibility index (Phi) is 6.12. The van der Waals surface area contributed by atoms with E-state index in [1.807, 2.05) is 23.9 Å². The normalized spacial score (nSPS) is 43.4. The summed E-state index contributed by atoms with van der Waals surface area (Å²) >= 11 is 5.71. The lowest BCUT2D eigenvalue weighted by Gasteiger charge is -2.56. The van der Waals surface area contributed by atoms with Crippen LogP contribution in [0.15, 0.2) is 76.8 Å². The Hall–Kier alpha value is -2.25. The summed E-state index contributed by atoms with van der Waals surface area (Å²) in [6.07, 6.45) is 8.59. The molecule has 2 heterocycles. The third kappa shape index (κ3) is 3.36. The van der Waals surface area contributed by atoms with Crippen molar-refractivity contribution < 1.29 is 14.7 Å². The predicted molar refractivity (Wildman–Crippen MR) is 190 cm³/mol. The number of Topliss-reactive ketones (excluding diaryl/α,β-unsaturated/α-hetero) is 2. The SMILES string of the molecule is C[C@]12CC[C@H](O)CC1=CC[C@@H]1[C@@H]2CC[C@]2(C)C(=O)C3(C[C@@H]12)C(c1cccc(Br)c1)[C@@H]1CSCN1C31C(=O)c2cccc3cccc1c23. The molecule has 5 fully saturated rings. The van der Waals surface area contributed by atoms with Crippen LogP contribution >= 0.6 is 27.7 Å². The number of ketones is 2. The van der Waals surface area contributed by atoms with Crippen molar-refractivity contribution in [2.45, 2.75) is 82.4 Å². The monoisotopic (exact) mass is 707 g/mol. The van der Waals surface area contributed by atoms with Crippen molar-refractivity contribution in [3.63, 3.8) is 0 Å². The Bertz CT molecular complexity index is 1940. The van der Waals surface area contributed by atoms with Crippen LogP contribution in [0.25, 0.3) is 10.8 Å². The van der Waals surface area contributed by atoms with Gasteiger partial charge in [-0.05, 0) is 102 Å². The topological polar surface area (TPSA) is 57.6 Å². The molecule has 3 aromatic rings. The number of carbonyl (C=O) groups is 2. The van der Waals surface area contributed by atoms with Crippen LogP contribution in [-0.4, -0.2) is 45.3 Å². The average molecular weight is 709 g/mol. The third-order valence-corrected chi connectivity index (χ3v) is 16.5. The molecule has 0 aromatic heterocycles. The fraction of sp³-hybridized carbons (Fsp3) is 0.512. The van der Waals surface area contributed by atoms with Gasteiger partial charge >= 0.3 is 0 Å². The van der Waals surface area contributed by atoms with Gasteiger partial charge in [0.1, 0.15) is 11.3 Å². The highest BCUT2D eigenvalue weighted by atomic mass is 79.9. The molecule has 3 aromatic carbocycles. The number of carbonyl (C=O) groups excluding carboxylic acids is 2. The molecule has 0 amide bonds. The van der Waals surface area contributed by atoms with Crippen molar-refractivity contribution in [1.82, 2.24) is 4.90 Å². The minimum atomic E-state index is -1.02. The number of nitrogens with zero attached hydrogens (tertiary/aromatic N) is 1. The molecule has 6 heteroatoms. The molecule has 2 saturated heterocycles. The highest BCUT2D eigenvalue weighted by Crippen LogP contribution is 2.77. The first kappa shape index (κ1) is 29.6. The van der Waals surface area contributed by atoms with Crippen molar-refractivity contribution in [2.24, 2.45) is 34.0 Å². The van der Waals surface area contributed by atoms with E-state index in [4.69, 9.17) is 0 Å². The molecule has 1 N–H and O–H groups in total. The fourth-order valence-corrected chi connectivity index (χ4v) is 14.8. The van der Waals surface area contributed by atoms with Crippen LogP contribution in [0, 0.1) is 34.0 Å². The minimum Gasteiger partial charge on any atom is -0.393 e. The first-order chi connectivity index (χ1) is 22.7. The number of thioether (sulfide) groups is 1. The van der Waals surface area contributed by atoms with E-state index < -0.39 is 16.4 Å². The van der Waals surface area contributed by atoms with Gasteiger partial charge in [0.05, 0.1) is 11.5 Å². The van der Waals surface area contributed by atoms with E-state index in [0.717, 1.165) is 82.9 Å². The molecule has 47 heavy (non-hydrogen) atoms. The summed E-state index contributed by atoms with van der Waals surface area (Å²) in [5.41, 5.74) is 2.24. The highest BCUT2D eigenvalue weighted by molar-refractivity contribution is 9.10. The lowest BCUT2D eigenvalue weighted by molar-refractivity contribution is -0.141. The molecule has 10 rings (SSSR count). The van der Waals surface area contributed by atoms with Gasteiger partial charge in [0.2, 0.25) is 0 Å². The van der Waals surface area contributed by atoms with Gasteiger partial charge < -0.3 is 5.11 Å². The molecule has 2 aliphatic heterocycles. The Balaban J connectivity index is 1.23. The minimum absolute atomic E-state index is 0.0769. The van der Waals surface area contributed by atoms with E-state index in [-0.39, 0.29) is 35.2 Å². The maximum atomic E-state index is 16.2. The zero-order valence-electron chi connectivity index (χ0n) is 27.2. The zero-order valence-corrected chi connectivity index (χ0v) is 29.6. The average Bonchev–Trinajstić information content (AvgIpc) is 3.76.